The second-order valence-electron chi connectivity index (χ2n) is 8.61. The molecule has 2 aromatic heterocycles. The molecule has 0 atom stereocenters. The summed E-state index contributed by atoms with van der Waals surface area (Å²) < 4.78 is 5.39. The number of hydrogen-bond acceptors (Lipinski definition) is 2. The highest BCUT2D eigenvalue weighted by Crippen LogP contribution is 2.30. The Morgan fingerprint density at radius 2 is 1.87 bits per heavy atom. The minimum Gasteiger partial charge on any atom is -0.497 e. The van der Waals surface area contributed by atoms with E-state index >= 15 is 0 Å². The molecule has 1 aliphatic heterocycles. The zero-order chi connectivity index (χ0) is 20.3. The predicted molar refractivity (Wildman–Crippen MR) is 125 cm³/mol. The number of piperidine rings is 1. The predicted octanol–water partition coefficient (Wildman–Crippen LogP) is 5.86. The summed E-state index contributed by atoms with van der Waals surface area (Å²) >= 11 is 0. The Morgan fingerprint density at radius 3 is 2.70 bits per heavy atom. The Kier molecular flexibility index (Phi) is 5.50. The maximum atomic E-state index is 5.39. The third-order valence-electron chi connectivity index (χ3n) is 6.72. The minimum absolute atomic E-state index is 0.676. The second-order valence-corrected chi connectivity index (χ2v) is 8.61. The molecule has 0 unspecified atom stereocenters. The molecule has 5 rings (SSSR count). The SMILES string of the molecule is COc1ccc2[nH]cc(CCCCN3CCC(c4cc5ccccc5[nH]4)CC3)c2c1. The van der Waals surface area contributed by atoms with Gasteiger partial charge in [0.2, 0.25) is 0 Å². The third kappa shape index (κ3) is 3.97. The van der Waals surface area contributed by atoms with E-state index in [1.807, 2.05) is 6.07 Å². The van der Waals surface area contributed by atoms with Crippen LogP contribution in [0.3, 0.4) is 0 Å². The van der Waals surface area contributed by atoms with E-state index in [1.54, 1.807) is 7.11 Å². The van der Waals surface area contributed by atoms with Crippen LogP contribution in [0.25, 0.3) is 21.8 Å². The number of likely N-dealkylation sites (tertiary alicyclic amines) is 1. The monoisotopic (exact) mass is 401 g/mol. The standard InChI is InChI=1S/C26H31N3O/c1-30-22-9-10-25-23(17-22)21(18-27-25)7-4-5-13-29-14-11-19(12-15-29)26-16-20-6-2-3-8-24(20)28-26/h2-3,6,8-10,16-19,27-28H,4-5,7,11-15H2,1H3. The lowest BCUT2D eigenvalue weighted by Crippen LogP contribution is -2.33. The summed E-state index contributed by atoms with van der Waals surface area (Å²) in [7, 11) is 1.73. The first kappa shape index (κ1) is 19.3. The van der Waals surface area contributed by atoms with Crippen molar-refractivity contribution in [2.45, 2.75) is 38.0 Å². The third-order valence-corrected chi connectivity index (χ3v) is 6.72. The quantitative estimate of drug-likeness (QED) is 0.381. The highest BCUT2D eigenvalue weighted by atomic mass is 16.5. The lowest BCUT2D eigenvalue weighted by molar-refractivity contribution is 0.208. The average Bonchev–Trinajstić information content (AvgIpc) is 3.41. The molecule has 156 valence electrons. The van der Waals surface area contributed by atoms with Gasteiger partial charge in [0.25, 0.3) is 0 Å². The van der Waals surface area contributed by atoms with Crippen LogP contribution in [0.1, 0.15) is 42.9 Å². The molecule has 1 saturated heterocycles. The number of hydrogen-bond donors (Lipinski definition) is 2. The van der Waals surface area contributed by atoms with Crippen molar-refractivity contribution in [2.24, 2.45) is 0 Å². The molecule has 4 aromatic rings. The Bertz CT molecular complexity index is 1080. The molecule has 4 nitrogen and oxygen atoms in total. The van der Waals surface area contributed by atoms with E-state index in [4.69, 9.17) is 4.74 Å². The molecule has 2 aromatic carbocycles. The van der Waals surface area contributed by atoms with E-state index in [-0.39, 0.29) is 0 Å². The average molecular weight is 402 g/mol. The Hall–Kier alpha value is -2.72. The summed E-state index contributed by atoms with van der Waals surface area (Å²) in [6.45, 7) is 3.64. The van der Waals surface area contributed by atoms with Gasteiger partial charge in [0.1, 0.15) is 5.75 Å². The molecule has 3 heterocycles. The Labute approximate surface area is 178 Å². The van der Waals surface area contributed by atoms with Crippen molar-refractivity contribution in [3.05, 3.63) is 66.0 Å². The maximum absolute atomic E-state index is 5.39. The van der Waals surface area contributed by atoms with E-state index in [0.717, 1.165) is 12.2 Å². The van der Waals surface area contributed by atoms with Gasteiger partial charge in [-0.25, -0.2) is 0 Å². The lowest BCUT2D eigenvalue weighted by Gasteiger charge is -2.31. The van der Waals surface area contributed by atoms with Crippen LogP contribution in [-0.4, -0.2) is 41.6 Å². The largest absolute Gasteiger partial charge is 0.497 e. The topological polar surface area (TPSA) is 44.0 Å². The molecule has 1 aliphatic rings. The summed E-state index contributed by atoms with van der Waals surface area (Å²) in [4.78, 5) is 9.68. The van der Waals surface area contributed by atoms with Crippen LogP contribution in [0.5, 0.6) is 5.75 Å². The number of nitrogens with zero attached hydrogens (tertiary/aromatic N) is 1. The number of aromatic amines is 2. The number of ether oxygens (including phenoxy) is 1. The van der Waals surface area contributed by atoms with Crippen LogP contribution in [0.4, 0.5) is 0 Å². The highest BCUT2D eigenvalue weighted by molar-refractivity contribution is 5.84. The number of benzene rings is 2. The van der Waals surface area contributed by atoms with Gasteiger partial charge in [-0.05, 0) is 93.0 Å². The number of aryl methyl sites for hydroxylation is 1. The summed E-state index contributed by atoms with van der Waals surface area (Å²) in [5.74, 6) is 1.61. The summed E-state index contributed by atoms with van der Waals surface area (Å²) in [6.07, 6.45) is 8.29. The van der Waals surface area contributed by atoms with Crippen molar-refractivity contribution in [3.8, 4) is 5.75 Å². The number of H-pyrrole nitrogens is 2. The molecule has 2 N–H and O–H groups in total. The smallest absolute Gasteiger partial charge is 0.119 e. The fraction of sp³-hybridized carbons (Fsp3) is 0.385. The fourth-order valence-electron chi connectivity index (χ4n) is 4.93. The first-order valence-corrected chi connectivity index (χ1v) is 11.2. The van der Waals surface area contributed by atoms with Crippen molar-refractivity contribution >= 4 is 21.8 Å². The summed E-state index contributed by atoms with van der Waals surface area (Å²) in [6, 6.07) is 17.2. The number of methoxy groups -OCH3 is 1. The van der Waals surface area contributed by atoms with Crippen LogP contribution in [0, 0.1) is 0 Å². The van der Waals surface area contributed by atoms with Crippen molar-refractivity contribution in [1.82, 2.24) is 14.9 Å². The van der Waals surface area contributed by atoms with Gasteiger partial charge in [0.15, 0.2) is 0 Å². The summed E-state index contributed by atoms with van der Waals surface area (Å²) in [5, 5.41) is 2.64. The number of para-hydroxylation sites is 1. The molecule has 1 fully saturated rings. The molecule has 0 bridgehead atoms. The molecule has 30 heavy (non-hydrogen) atoms. The van der Waals surface area contributed by atoms with Crippen LogP contribution in [-0.2, 0) is 6.42 Å². The molecule has 0 spiro atoms. The van der Waals surface area contributed by atoms with E-state index in [0.29, 0.717) is 5.92 Å². The maximum Gasteiger partial charge on any atom is 0.119 e. The van der Waals surface area contributed by atoms with Gasteiger partial charge in [-0.1, -0.05) is 18.2 Å². The normalized spacial score (nSPS) is 15.9. The molecule has 0 amide bonds. The number of rotatable bonds is 7. The van der Waals surface area contributed by atoms with Gasteiger partial charge in [0.05, 0.1) is 7.11 Å². The van der Waals surface area contributed by atoms with Crippen LogP contribution in [0.15, 0.2) is 54.7 Å². The Balaban J connectivity index is 1.09. The number of unbranched alkanes of at least 4 members (excludes halogenated alkanes) is 1. The van der Waals surface area contributed by atoms with E-state index < -0.39 is 0 Å². The first-order valence-electron chi connectivity index (χ1n) is 11.2. The molecule has 0 aliphatic carbocycles. The van der Waals surface area contributed by atoms with E-state index in [9.17, 15) is 0 Å². The first-order chi connectivity index (χ1) is 14.8. The van der Waals surface area contributed by atoms with Gasteiger partial charge >= 0.3 is 0 Å². The van der Waals surface area contributed by atoms with Gasteiger partial charge in [-0.15, -0.1) is 0 Å². The number of aromatic nitrogens is 2. The van der Waals surface area contributed by atoms with Crippen molar-refractivity contribution in [2.75, 3.05) is 26.7 Å². The molecule has 0 radical (unpaired) electrons. The minimum atomic E-state index is 0.676. The fourth-order valence-corrected chi connectivity index (χ4v) is 4.93. The van der Waals surface area contributed by atoms with Gasteiger partial charge in [0, 0.05) is 34.2 Å². The van der Waals surface area contributed by atoms with Crippen LogP contribution < -0.4 is 4.74 Å². The summed E-state index contributed by atoms with van der Waals surface area (Å²) in [5.41, 5.74) is 5.29. The van der Waals surface area contributed by atoms with Crippen molar-refractivity contribution in [1.29, 1.82) is 0 Å². The highest BCUT2D eigenvalue weighted by Gasteiger charge is 2.21. The lowest BCUT2D eigenvalue weighted by atomic mass is 9.93. The second kappa shape index (κ2) is 8.57. The zero-order valence-corrected chi connectivity index (χ0v) is 17.8. The van der Waals surface area contributed by atoms with Gasteiger partial charge < -0.3 is 19.6 Å². The molecular formula is C26H31N3O. The number of nitrogens with one attached hydrogen (secondary N) is 2. The van der Waals surface area contributed by atoms with Crippen LogP contribution >= 0.6 is 0 Å². The Morgan fingerprint density at radius 1 is 1.00 bits per heavy atom. The molecular weight excluding hydrogens is 370 g/mol. The van der Waals surface area contributed by atoms with E-state index in [2.05, 4.69) is 63.5 Å². The zero-order valence-electron chi connectivity index (χ0n) is 17.8. The molecule has 4 heteroatoms. The van der Waals surface area contributed by atoms with Crippen molar-refractivity contribution in [3.63, 3.8) is 0 Å². The van der Waals surface area contributed by atoms with E-state index in [1.165, 1.54) is 78.4 Å². The van der Waals surface area contributed by atoms with Gasteiger partial charge in [-0.2, -0.15) is 0 Å². The van der Waals surface area contributed by atoms with Gasteiger partial charge in [-0.3, -0.25) is 0 Å². The molecule has 0 saturated carbocycles. The number of fused-ring (bicyclic) bond motifs is 2. The van der Waals surface area contributed by atoms with Crippen LogP contribution in [0.2, 0.25) is 0 Å². The van der Waals surface area contributed by atoms with Crippen molar-refractivity contribution < 1.29 is 4.74 Å².